The van der Waals surface area contributed by atoms with Crippen LogP contribution < -0.4 is 0 Å². The van der Waals surface area contributed by atoms with Crippen molar-refractivity contribution in [3.63, 3.8) is 0 Å². The van der Waals surface area contributed by atoms with Crippen molar-refractivity contribution >= 4 is 11.4 Å². The average molecular weight is 1100 g/mol. The van der Waals surface area contributed by atoms with Crippen LogP contribution in [0.4, 0.5) is 0 Å². The van der Waals surface area contributed by atoms with Crippen LogP contribution in [-0.2, 0) is 29.3 Å². The van der Waals surface area contributed by atoms with E-state index >= 15 is 0 Å². The Morgan fingerprint density at radius 2 is 0.662 bits per heavy atom. The molecule has 0 saturated carbocycles. The van der Waals surface area contributed by atoms with Crippen LogP contribution in [0.3, 0.4) is 0 Å². The summed E-state index contributed by atoms with van der Waals surface area (Å²) in [6, 6.07) is 17.7. The minimum absolute atomic E-state index is 0. The zero-order valence-electron chi connectivity index (χ0n) is 52.3. The SMILES string of the molecule is CCCCCCC=CC1=C(c2cccc(CCCC)c2)[N+](=[N-])C(c2cccc(CCCC)c2)=C1CCCC.[CH2-]CCCCCCCCCCCCCCCCCC.[CH2-]CCCCCCCCCCCCCCCCCC.[Ni+2]. The van der Waals surface area contributed by atoms with E-state index in [4.69, 9.17) is 0 Å². The molecule has 3 heteroatoms. The van der Waals surface area contributed by atoms with Gasteiger partial charge in [-0.3, -0.25) is 0 Å². The second-order valence-electron chi connectivity index (χ2n) is 23.2. The quantitative estimate of drug-likeness (QED) is 0.0273. The first-order valence-electron chi connectivity index (χ1n) is 33.9. The third-order valence-electron chi connectivity index (χ3n) is 15.8. The third-order valence-corrected chi connectivity index (χ3v) is 15.8. The molecule has 2 aromatic carbocycles. The Hall–Kier alpha value is -2.25. The Bertz CT molecular complexity index is 1630. The minimum atomic E-state index is 0. The minimum Gasteiger partial charge on any atom is -0.493 e. The van der Waals surface area contributed by atoms with Gasteiger partial charge in [-0.1, -0.05) is 322 Å². The summed E-state index contributed by atoms with van der Waals surface area (Å²) < 4.78 is 1.51. The fourth-order valence-electron chi connectivity index (χ4n) is 10.8. The van der Waals surface area contributed by atoms with Crippen LogP contribution in [0.1, 0.15) is 359 Å². The summed E-state index contributed by atoms with van der Waals surface area (Å²) in [7, 11) is 0. The summed E-state index contributed by atoms with van der Waals surface area (Å²) in [5.41, 5.74) is 21.2. The van der Waals surface area contributed by atoms with E-state index in [1.54, 1.807) is 0 Å². The zero-order valence-corrected chi connectivity index (χ0v) is 53.3. The van der Waals surface area contributed by atoms with Gasteiger partial charge in [-0.15, -0.1) is 0 Å². The molecule has 444 valence electrons. The van der Waals surface area contributed by atoms with Gasteiger partial charge >= 0.3 is 16.5 Å². The number of rotatable bonds is 49. The molecule has 0 N–H and O–H groups in total. The molecule has 1 aliphatic heterocycles. The van der Waals surface area contributed by atoms with E-state index in [2.05, 4.69) is 116 Å². The molecule has 77 heavy (non-hydrogen) atoms. The summed E-state index contributed by atoms with van der Waals surface area (Å²) in [4.78, 5) is 0. The summed E-state index contributed by atoms with van der Waals surface area (Å²) in [6.07, 6.45) is 69.6. The Labute approximate surface area is 493 Å². The van der Waals surface area contributed by atoms with Crippen molar-refractivity contribution in [3.05, 3.63) is 113 Å². The first kappa shape index (κ1) is 74.8. The maximum Gasteiger partial charge on any atom is 2.00 e. The topological polar surface area (TPSA) is 25.3 Å². The molecule has 2 nitrogen and oxygen atoms in total. The second-order valence-corrected chi connectivity index (χ2v) is 23.2. The van der Waals surface area contributed by atoms with Crippen molar-refractivity contribution < 1.29 is 21.2 Å². The van der Waals surface area contributed by atoms with Gasteiger partial charge in [-0.25, -0.2) is 4.70 Å². The molecule has 0 fully saturated rings. The third kappa shape index (κ3) is 39.7. The molecular weight excluding hydrogens is 976 g/mol. The summed E-state index contributed by atoms with van der Waals surface area (Å²) in [5.74, 6) is 0. The average Bonchev–Trinajstić information content (AvgIpc) is 3.72. The summed E-state index contributed by atoms with van der Waals surface area (Å²) in [6.45, 7) is 21.4. The van der Waals surface area contributed by atoms with E-state index in [9.17, 15) is 5.53 Å². The van der Waals surface area contributed by atoms with Crippen LogP contribution in [0.5, 0.6) is 0 Å². The Kier molecular flexibility index (Phi) is 55.3. The number of allylic oxidation sites excluding steroid dienone is 4. The van der Waals surface area contributed by atoms with Crippen LogP contribution in [-0.4, -0.2) is 4.70 Å². The van der Waals surface area contributed by atoms with Gasteiger partial charge in [-0.05, 0) is 86.8 Å². The van der Waals surface area contributed by atoms with E-state index in [0.29, 0.717) is 0 Å². The van der Waals surface area contributed by atoms with Gasteiger partial charge in [0.2, 0.25) is 11.4 Å². The fraction of sp³-hybridized carbons (Fsp3) is 0.730. The largest absolute Gasteiger partial charge is 2.00 e. The predicted molar refractivity (Wildman–Crippen MR) is 344 cm³/mol. The van der Waals surface area contributed by atoms with Crippen molar-refractivity contribution in [1.29, 1.82) is 0 Å². The molecule has 0 bridgehead atoms. The van der Waals surface area contributed by atoms with E-state index in [-0.39, 0.29) is 16.5 Å². The van der Waals surface area contributed by atoms with Gasteiger partial charge in [0, 0.05) is 16.7 Å². The molecule has 2 aromatic rings. The second kappa shape index (κ2) is 57.0. The molecule has 0 aromatic heterocycles. The number of unbranched alkanes of at least 4 members (excludes halogenated alkanes) is 39. The van der Waals surface area contributed by atoms with Gasteiger partial charge in [-0.2, -0.15) is 12.8 Å². The van der Waals surface area contributed by atoms with Crippen LogP contribution in [0, 0.1) is 13.8 Å². The monoisotopic (exact) mass is 1100 g/mol. The summed E-state index contributed by atoms with van der Waals surface area (Å²) in [5, 5.41) is 0. The molecule has 0 atom stereocenters. The van der Waals surface area contributed by atoms with E-state index < -0.39 is 0 Å². The van der Waals surface area contributed by atoms with Crippen LogP contribution in [0.15, 0.2) is 71.8 Å². The van der Waals surface area contributed by atoms with Gasteiger partial charge in [0.25, 0.3) is 0 Å². The van der Waals surface area contributed by atoms with Crippen LogP contribution in [0.2, 0.25) is 0 Å². The normalized spacial score (nSPS) is 12.3. The van der Waals surface area contributed by atoms with Gasteiger partial charge < -0.3 is 19.4 Å². The van der Waals surface area contributed by atoms with Crippen molar-refractivity contribution in [2.45, 2.75) is 350 Å². The molecule has 1 aliphatic rings. The Morgan fingerprint density at radius 3 is 1.00 bits per heavy atom. The number of hydrogen-bond acceptors (Lipinski definition) is 0. The number of nitrogens with zero attached hydrogens (tertiary/aromatic N) is 2. The molecular formula is C74H128N2Ni. The zero-order chi connectivity index (χ0) is 55.2. The maximum absolute atomic E-state index is 11.9. The molecule has 0 amide bonds. The van der Waals surface area contributed by atoms with Gasteiger partial charge in [0.15, 0.2) is 0 Å². The van der Waals surface area contributed by atoms with E-state index in [0.717, 1.165) is 73.9 Å². The number of aryl methyl sites for hydroxylation is 2. The Morgan fingerprint density at radius 1 is 0.364 bits per heavy atom. The van der Waals surface area contributed by atoms with Crippen LogP contribution in [0.25, 0.3) is 16.9 Å². The number of hydrogen-bond donors (Lipinski definition) is 0. The molecule has 0 spiro atoms. The smallest absolute Gasteiger partial charge is 0.493 e. The first-order chi connectivity index (χ1) is 37.5. The molecule has 0 unspecified atom stereocenters. The van der Waals surface area contributed by atoms with Gasteiger partial charge in [0.05, 0.1) is 5.57 Å². The van der Waals surface area contributed by atoms with Crippen molar-refractivity contribution in [2.24, 2.45) is 0 Å². The number of benzene rings is 2. The first-order valence-corrected chi connectivity index (χ1v) is 33.9. The van der Waals surface area contributed by atoms with Crippen molar-refractivity contribution in [2.75, 3.05) is 0 Å². The molecule has 0 radical (unpaired) electrons. The maximum atomic E-state index is 11.9. The predicted octanol–water partition coefficient (Wildman–Crippen LogP) is 26.2. The fourth-order valence-corrected chi connectivity index (χ4v) is 10.8. The van der Waals surface area contributed by atoms with Crippen molar-refractivity contribution in [3.8, 4) is 0 Å². The summed E-state index contributed by atoms with van der Waals surface area (Å²) >= 11 is 0. The molecule has 1 heterocycles. The van der Waals surface area contributed by atoms with Gasteiger partial charge in [0.1, 0.15) is 0 Å². The van der Waals surface area contributed by atoms with E-state index in [1.165, 1.54) is 284 Å². The van der Waals surface area contributed by atoms with Crippen molar-refractivity contribution in [1.82, 2.24) is 0 Å². The van der Waals surface area contributed by atoms with Crippen LogP contribution >= 0.6 is 0 Å². The molecule has 3 rings (SSSR count). The van der Waals surface area contributed by atoms with E-state index in [1.807, 2.05) is 0 Å². The molecule has 0 saturated heterocycles. The standard InChI is InChI=1S/C36H50N2.2C19H39.Ni/c1-5-9-13-14-15-16-26-34-33(25-12-8-4)35(31-23-17-21-29(27-31)19-10-6-2)38(37)36(34)32-24-18-22-30(28-32)20-11-7-3;2*1-3-5-7-9-11-13-15-17-19-18-16-14-12-10-8-6-4-2;/h16-18,21-24,26-28H,5-15,19-20,25H2,1-4H3;2*1,3-19H2,2H3;/q;2*-1;+2. The Balaban J connectivity index is 0.00000125. The molecule has 0 aliphatic carbocycles.